The van der Waals surface area contributed by atoms with E-state index < -0.39 is 0 Å². The summed E-state index contributed by atoms with van der Waals surface area (Å²) in [6, 6.07) is 10.9. The molecule has 4 saturated carbocycles. The summed E-state index contributed by atoms with van der Waals surface area (Å²) >= 11 is 0. The van der Waals surface area contributed by atoms with E-state index in [1.54, 1.807) is 0 Å². The molecule has 2 amide bonds. The van der Waals surface area contributed by atoms with E-state index in [0.29, 0.717) is 37.3 Å². The maximum Gasteiger partial charge on any atom is 0.270 e. The number of ether oxygens (including phenoxy) is 1. The zero-order valence-corrected chi connectivity index (χ0v) is 20.4. The molecule has 190 valence electrons. The number of nitrogens with one attached hydrogen (secondary N) is 2. The average Bonchev–Trinajstić information content (AvgIpc) is 3.05. The van der Waals surface area contributed by atoms with Crippen LogP contribution in [0.2, 0.25) is 0 Å². The van der Waals surface area contributed by atoms with Gasteiger partial charge in [0, 0.05) is 49.3 Å². The second-order valence-electron chi connectivity index (χ2n) is 11.5. The van der Waals surface area contributed by atoms with Crippen LogP contribution in [0, 0.1) is 23.2 Å². The van der Waals surface area contributed by atoms with E-state index in [-0.39, 0.29) is 52.9 Å². The Hall–Kier alpha value is -3.13. The van der Waals surface area contributed by atoms with Crippen LogP contribution in [0.4, 0.5) is 0 Å². The molecule has 5 aliphatic rings. The minimum Gasteiger partial charge on any atom is -0.483 e. The molecule has 8 nitrogen and oxygen atoms in total. The van der Waals surface area contributed by atoms with Crippen molar-refractivity contribution in [3.63, 3.8) is 0 Å². The second-order valence-corrected chi connectivity index (χ2v) is 11.5. The van der Waals surface area contributed by atoms with Crippen LogP contribution in [-0.4, -0.2) is 52.0 Å². The van der Waals surface area contributed by atoms with Crippen LogP contribution in [0.3, 0.4) is 0 Å². The molecule has 1 aliphatic heterocycles. The average molecular weight is 492 g/mol. The van der Waals surface area contributed by atoms with Gasteiger partial charge in [-0.3, -0.25) is 14.4 Å². The molecule has 2 heterocycles. The summed E-state index contributed by atoms with van der Waals surface area (Å²) in [7, 11) is 0. The third-order valence-corrected chi connectivity index (χ3v) is 8.96. The Labute approximate surface area is 210 Å². The van der Waals surface area contributed by atoms with Gasteiger partial charge in [0.05, 0.1) is 0 Å². The lowest BCUT2D eigenvalue weighted by Crippen LogP contribution is -2.75. The van der Waals surface area contributed by atoms with Crippen molar-refractivity contribution in [2.45, 2.75) is 50.7 Å². The van der Waals surface area contributed by atoms with Crippen molar-refractivity contribution < 1.29 is 19.4 Å². The molecule has 1 aromatic carbocycles. The maximum atomic E-state index is 13.2. The first kappa shape index (κ1) is 23.3. The summed E-state index contributed by atoms with van der Waals surface area (Å²) in [6.45, 7) is 1.72. The first-order chi connectivity index (χ1) is 17.4. The Morgan fingerprint density at radius 2 is 1.81 bits per heavy atom. The normalized spacial score (nSPS) is 31.8. The lowest BCUT2D eigenvalue weighted by atomic mass is 9.39. The summed E-state index contributed by atoms with van der Waals surface area (Å²) in [5, 5.41) is 12.7. The van der Waals surface area contributed by atoms with Gasteiger partial charge in [-0.25, -0.2) is 0 Å². The molecular weight excluding hydrogens is 458 g/mol. The van der Waals surface area contributed by atoms with E-state index in [4.69, 9.17) is 4.74 Å². The number of rotatable bonds is 8. The number of fused-ring (bicyclic) bond motifs is 2. The minimum atomic E-state index is -0.320. The van der Waals surface area contributed by atoms with Crippen molar-refractivity contribution in [1.29, 1.82) is 0 Å². The van der Waals surface area contributed by atoms with Crippen molar-refractivity contribution in [1.82, 2.24) is 15.2 Å². The zero-order chi connectivity index (χ0) is 24.9. The van der Waals surface area contributed by atoms with Crippen molar-refractivity contribution in [3.8, 4) is 5.75 Å². The number of hydrogen-bond acceptors (Lipinski definition) is 5. The van der Waals surface area contributed by atoms with E-state index in [2.05, 4.69) is 10.3 Å². The molecule has 2 aromatic rings. The Morgan fingerprint density at radius 3 is 2.44 bits per heavy atom. The second kappa shape index (κ2) is 8.76. The van der Waals surface area contributed by atoms with Crippen molar-refractivity contribution in [3.05, 3.63) is 64.1 Å². The number of carbonyl (C=O) groups is 2. The molecule has 36 heavy (non-hydrogen) atoms. The van der Waals surface area contributed by atoms with Crippen molar-refractivity contribution in [2.75, 3.05) is 19.7 Å². The van der Waals surface area contributed by atoms with E-state index in [1.807, 2.05) is 35.2 Å². The van der Waals surface area contributed by atoms with Crippen LogP contribution in [0.5, 0.6) is 5.75 Å². The Bertz CT molecular complexity index is 1190. The number of carbonyl (C=O) groups excluding carboxylic acids is 2. The van der Waals surface area contributed by atoms with E-state index in [0.717, 1.165) is 37.7 Å². The van der Waals surface area contributed by atoms with Gasteiger partial charge in [-0.2, -0.15) is 0 Å². The smallest absolute Gasteiger partial charge is 0.270 e. The van der Waals surface area contributed by atoms with Gasteiger partial charge in [-0.15, -0.1) is 0 Å². The summed E-state index contributed by atoms with van der Waals surface area (Å²) in [5.41, 5.74) is 0.912. The van der Waals surface area contributed by atoms with Crippen LogP contribution in [0.15, 0.2) is 47.4 Å². The zero-order valence-electron chi connectivity index (χ0n) is 20.4. The molecule has 2 atom stereocenters. The molecule has 0 radical (unpaired) electrons. The van der Waals surface area contributed by atoms with Crippen LogP contribution < -0.4 is 15.5 Å². The van der Waals surface area contributed by atoms with Gasteiger partial charge in [0.15, 0.2) is 5.75 Å². The number of H-pyrrole nitrogens is 1. The molecule has 1 aromatic heterocycles. The molecule has 3 N–H and O–H groups in total. The summed E-state index contributed by atoms with van der Waals surface area (Å²) in [6.07, 6.45) is 6.72. The highest BCUT2D eigenvalue weighted by atomic mass is 16.5. The predicted octanol–water partition coefficient (Wildman–Crippen LogP) is 2.47. The highest BCUT2D eigenvalue weighted by Gasteiger charge is 2.68. The maximum absolute atomic E-state index is 13.2. The van der Waals surface area contributed by atoms with E-state index in [1.165, 1.54) is 12.3 Å². The lowest BCUT2D eigenvalue weighted by Gasteiger charge is -2.70. The highest BCUT2D eigenvalue weighted by Crippen LogP contribution is 2.66. The van der Waals surface area contributed by atoms with E-state index in [9.17, 15) is 19.5 Å². The Balaban J connectivity index is 1.04. The first-order valence-corrected chi connectivity index (χ1v) is 13.0. The molecular formula is C28H33N3O5. The molecule has 4 aliphatic carbocycles. The molecule has 8 heteroatoms. The molecule has 4 bridgehead atoms. The van der Waals surface area contributed by atoms with Gasteiger partial charge in [-0.1, -0.05) is 30.3 Å². The minimum absolute atomic E-state index is 0.0711. The number of aromatic nitrogens is 1. The fourth-order valence-corrected chi connectivity index (χ4v) is 7.29. The lowest BCUT2D eigenvalue weighted by molar-refractivity contribution is -0.183. The summed E-state index contributed by atoms with van der Waals surface area (Å²) in [4.78, 5) is 43.4. The topological polar surface area (TPSA) is 112 Å². The number of hydrogen-bond donors (Lipinski definition) is 3. The van der Waals surface area contributed by atoms with Crippen LogP contribution in [0.1, 0.15) is 54.6 Å². The third kappa shape index (κ3) is 4.11. The summed E-state index contributed by atoms with van der Waals surface area (Å²) in [5.74, 6) is 1.02. The van der Waals surface area contributed by atoms with Gasteiger partial charge in [0.2, 0.25) is 11.3 Å². The van der Waals surface area contributed by atoms with Gasteiger partial charge in [0.1, 0.15) is 12.3 Å². The number of aliphatic hydroxyl groups excluding tert-OH is 1. The van der Waals surface area contributed by atoms with Gasteiger partial charge in [0.25, 0.3) is 5.91 Å². The third-order valence-electron chi connectivity index (χ3n) is 8.96. The van der Waals surface area contributed by atoms with Crippen molar-refractivity contribution in [2.24, 2.45) is 23.2 Å². The number of nitrogens with zero attached hydrogens (tertiary/aromatic N) is 1. The van der Waals surface area contributed by atoms with Gasteiger partial charge in [-0.05, 0) is 55.4 Å². The fourth-order valence-electron chi connectivity index (χ4n) is 7.29. The number of likely N-dealkylation sites (tertiary alicyclic amines) is 1. The number of aromatic amines is 1. The largest absolute Gasteiger partial charge is 0.483 e. The highest BCUT2D eigenvalue weighted by molar-refractivity contribution is 5.92. The predicted molar refractivity (Wildman–Crippen MR) is 132 cm³/mol. The number of aliphatic hydroxyl groups is 1. The van der Waals surface area contributed by atoms with Gasteiger partial charge < -0.3 is 25.0 Å². The van der Waals surface area contributed by atoms with Crippen molar-refractivity contribution >= 4 is 11.8 Å². The molecule has 1 saturated heterocycles. The number of benzene rings is 1. The quantitative estimate of drug-likeness (QED) is 0.525. The van der Waals surface area contributed by atoms with E-state index >= 15 is 0 Å². The molecule has 0 spiro atoms. The monoisotopic (exact) mass is 491 g/mol. The number of pyridine rings is 1. The van der Waals surface area contributed by atoms with Crippen LogP contribution >= 0.6 is 0 Å². The Morgan fingerprint density at radius 1 is 1.11 bits per heavy atom. The number of piperidine rings is 1. The molecule has 5 fully saturated rings. The summed E-state index contributed by atoms with van der Waals surface area (Å²) < 4.78 is 5.64. The molecule has 7 rings (SSSR count). The van der Waals surface area contributed by atoms with Crippen LogP contribution in [0.25, 0.3) is 0 Å². The first-order valence-electron chi connectivity index (χ1n) is 13.0. The van der Waals surface area contributed by atoms with Gasteiger partial charge >= 0.3 is 0 Å². The van der Waals surface area contributed by atoms with Crippen LogP contribution in [-0.2, 0) is 11.4 Å². The SMILES string of the molecule is O=C(CC1C2CCC1CN(C(=O)c1cc(=O)c(OCc3ccccc3)c[nH]1)C2)NC12CC(CO)(C1)C2. The fraction of sp³-hybridized carbons (Fsp3) is 0.536. The number of amides is 2. The molecule has 2 unspecified atom stereocenters. The Kier molecular flexibility index (Phi) is 5.67. The standard InChI is InChI=1S/C28H33N3O5/c32-17-27-14-28(15-27,16-27)30-25(34)8-21-19-6-7-20(21)12-31(11-19)26(35)22-9-23(33)24(10-29-22)36-13-18-4-2-1-3-5-18/h1-5,9-10,19-21,32H,6-8,11-17H2,(H,29,33)(H,30,34).